The lowest BCUT2D eigenvalue weighted by Gasteiger charge is -2.36. The Hall–Kier alpha value is -4.30. The molecule has 1 spiro atoms. The highest BCUT2D eigenvalue weighted by molar-refractivity contribution is 7.09. The molecule has 2 saturated heterocycles. The second-order valence-corrected chi connectivity index (χ2v) is 17.1. The number of benzene rings is 1. The van der Waals surface area contributed by atoms with Gasteiger partial charge in [0.15, 0.2) is 5.60 Å². The number of hydrogen-bond donors (Lipinski definition) is 3. The second kappa shape index (κ2) is 15.6. The minimum atomic E-state index is -1.11. The predicted octanol–water partition coefficient (Wildman–Crippen LogP) is 3.72. The molecule has 4 heterocycles. The zero-order valence-electron chi connectivity index (χ0n) is 30.5. The normalized spacial score (nSPS) is 23.7. The van der Waals surface area contributed by atoms with E-state index in [4.69, 9.17) is 16.4 Å². The minimum Gasteiger partial charge on any atom is -0.387 e. The molecule has 13 nitrogen and oxygen atoms in total. The fraction of sp³-hybridized carbons (Fsp3) is 0.553. The largest absolute Gasteiger partial charge is 0.387 e. The molecule has 1 saturated carbocycles. The van der Waals surface area contributed by atoms with Crippen LogP contribution in [-0.4, -0.2) is 93.2 Å². The molecular weight excluding hydrogens is 720 g/mol. The van der Waals surface area contributed by atoms with E-state index in [9.17, 15) is 28.8 Å². The van der Waals surface area contributed by atoms with Crippen molar-refractivity contribution in [3.8, 4) is 0 Å². The van der Waals surface area contributed by atoms with E-state index in [1.807, 2.05) is 51.3 Å². The Labute approximate surface area is 318 Å². The van der Waals surface area contributed by atoms with Crippen molar-refractivity contribution in [1.29, 1.82) is 0 Å². The van der Waals surface area contributed by atoms with Crippen molar-refractivity contribution < 1.29 is 33.6 Å². The third-order valence-corrected chi connectivity index (χ3v) is 11.4. The predicted molar refractivity (Wildman–Crippen MR) is 199 cm³/mol. The number of carbonyl (C=O) groups excluding carboxylic acids is 6. The van der Waals surface area contributed by atoms with Crippen LogP contribution in [0.25, 0.3) is 0 Å². The van der Waals surface area contributed by atoms with E-state index in [0.29, 0.717) is 30.1 Å². The molecule has 4 aliphatic rings. The maximum absolute atomic E-state index is 14.8. The topological polar surface area (TPSA) is 167 Å². The number of Topliss-reactive ketones (excluding diaryl/α,β-unsaturated/α-hetero) is 1. The molecule has 2 aromatic rings. The molecule has 3 aliphatic heterocycles. The summed E-state index contributed by atoms with van der Waals surface area (Å²) >= 11 is 7.76. The first-order valence-corrected chi connectivity index (χ1v) is 19.5. The van der Waals surface area contributed by atoms with Crippen LogP contribution in [0.5, 0.6) is 0 Å². The number of carbonyl (C=O) groups is 6. The van der Waals surface area contributed by atoms with Gasteiger partial charge >= 0.3 is 0 Å². The van der Waals surface area contributed by atoms with E-state index in [0.717, 1.165) is 23.3 Å². The lowest BCUT2D eigenvalue weighted by molar-refractivity contribution is -0.146. The molecule has 0 radical (unpaired) electrons. The quantitative estimate of drug-likeness (QED) is 0.262. The lowest BCUT2D eigenvalue weighted by atomic mass is 9.85. The molecule has 2 unspecified atom stereocenters. The number of ketones is 1. The summed E-state index contributed by atoms with van der Waals surface area (Å²) in [5.41, 5.74) is -0.543. The Balaban J connectivity index is 1.25. The van der Waals surface area contributed by atoms with E-state index in [1.165, 1.54) is 16.2 Å². The summed E-state index contributed by atoms with van der Waals surface area (Å²) in [6, 6.07) is 6.87. The van der Waals surface area contributed by atoms with Crippen LogP contribution < -0.4 is 16.0 Å². The standard InChI is InChI=1S/C38H47ClN6O7S/c1-5-8-26(31(47)35(50)40-24-12-13-24)41-34(49)29-19-38(18-27(43-52-38)22-9-6-10-23(39)17-22)21-45(29)36(51)32(37(2,3)4)42-33(48)28-14-15-30(46)44(28)20-25-11-7-16-53-25/h6-7,9-11,16-17,24,26,28-29,32H,5,8,12-15,18-21H2,1-4H3,(H,40,50)(H,41,49)(H,42,48)/t26-,28?,29-,32+,38?/m0/s1. The number of amides is 5. The first kappa shape index (κ1) is 38.4. The van der Waals surface area contributed by atoms with Crippen molar-refractivity contribution in [2.75, 3.05) is 6.54 Å². The summed E-state index contributed by atoms with van der Waals surface area (Å²) < 4.78 is 0. The van der Waals surface area contributed by atoms with Gasteiger partial charge in [0.1, 0.15) is 18.1 Å². The van der Waals surface area contributed by atoms with Crippen molar-refractivity contribution in [3.63, 3.8) is 0 Å². The zero-order chi connectivity index (χ0) is 38.1. The van der Waals surface area contributed by atoms with Gasteiger partial charge in [0.2, 0.25) is 29.4 Å². The fourth-order valence-electron chi connectivity index (χ4n) is 7.25. The van der Waals surface area contributed by atoms with Crippen molar-refractivity contribution in [2.24, 2.45) is 10.6 Å². The summed E-state index contributed by atoms with van der Waals surface area (Å²) in [7, 11) is 0. The van der Waals surface area contributed by atoms with Gasteiger partial charge < -0.3 is 30.6 Å². The van der Waals surface area contributed by atoms with Gasteiger partial charge in [-0.05, 0) is 54.7 Å². The number of nitrogens with zero attached hydrogens (tertiary/aromatic N) is 3. The van der Waals surface area contributed by atoms with Crippen molar-refractivity contribution in [3.05, 3.63) is 57.2 Å². The van der Waals surface area contributed by atoms with Crippen LogP contribution >= 0.6 is 22.9 Å². The molecule has 6 rings (SSSR count). The zero-order valence-corrected chi connectivity index (χ0v) is 32.1. The Morgan fingerprint density at radius 3 is 2.47 bits per heavy atom. The number of thiophene rings is 1. The van der Waals surface area contributed by atoms with E-state index in [1.54, 1.807) is 23.1 Å². The fourth-order valence-corrected chi connectivity index (χ4v) is 8.14. The summed E-state index contributed by atoms with van der Waals surface area (Å²) in [6.45, 7) is 7.58. The van der Waals surface area contributed by atoms with Gasteiger partial charge in [-0.15, -0.1) is 11.3 Å². The van der Waals surface area contributed by atoms with E-state index in [-0.39, 0.29) is 44.2 Å². The van der Waals surface area contributed by atoms with E-state index < -0.39 is 64.6 Å². The average Bonchev–Trinajstić information content (AvgIpc) is 3.46. The van der Waals surface area contributed by atoms with Gasteiger partial charge in [-0.3, -0.25) is 28.8 Å². The molecule has 15 heteroatoms. The van der Waals surface area contributed by atoms with Crippen LogP contribution in [0, 0.1) is 5.41 Å². The molecule has 284 valence electrons. The monoisotopic (exact) mass is 766 g/mol. The summed E-state index contributed by atoms with van der Waals surface area (Å²) in [5, 5.41) is 15.2. The highest BCUT2D eigenvalue weighted by Crippen LogP contribution is 2.40. The average molecular weight is 767 g/mol. The molecule has 1 aliphatic carbocycles. The van der Waals surface area contributed by atoms with Crippen LogP contribution in [0.2, 0.25) is 5.02 Å². The van der Waals surface area contributed by atoms with Gasteiger partial charge in [-0.1, -0.05) is 69.1 Å². The molecule has 5 amide bonds. The van der Waals surface area contributed by atoms with Gasteiger partial charge in [0.05, 0.1) is 24.8 Å². The summed E-state index contributed by atoms with van der Waals surface area (Å²) in [6.07, 6.45) is 3.23. The number of nitrogens with one attached hydrogen (secondary N) is 3. The number of oxime groups is 1. The highest BCUT2D eigenvalue weighted by atomic mass is 35.5. The van der Waals surface area contributed by atoms with Crippen molar-refractivity contribution >= 4 is 64.0 Å². The number of rotatable bonds is 13. The Morgan fingerprint density at radius 2 is 1.81 bits per heavy atom. The van der Waals surface area contributed by atoms with Gasteiger partial charge in [-0.25, -0.2) is 0 Å². The maximum atomic E-state index is 14.8. The number of likely N-dealkylation sites (tertiary alicyclic amines) is 2. The van der Waals surface area contributed by atoms with E-state index >= 15 is 0 Å². The first-order chi connectivity index (χ1) is 25.2. The Morgan fingerprint density at radius 1 is 1.06 bits per heavy atom. The van der Waals surface area contributed by atoms with Crippen LogP contribution in [0.15, 0.2) is 46.9 Å². The first-order valence-electron chi connectivity index (χ1n) is 18.3. The van der Waals surface area contributed by atoms with Crippen LogP contribution in [0.3, 0.4) is 0 Å². The van der Waals surface area contributed by atoms with Gasteiger partial charge in [-0.2, -0.15) is 0 Å². The highest BCUT2D eigenvalue weighted by Gasteiger charge is 2.56. The smallest absolute Gasteiger partial charge is 0.289 e. The maximum Gasteiger partial charge on any atom is 0.289 e. The SMILES string of the molecule is CCC[C@H](NC(=O)[C@@H]1CC2(CC(c3cccc(Cl)c3)=NO2)CN1C(=O)[C@@H](NC(=O)C1CCC(=O)N1Cc1cccs1)C(C)(C)C)C(=O)C(=O)NC1CC1. The summed E-state index contributed by atoms with van der Waals surface area (Å²) in [5.74, 6) is -3.18. The molecule has 1 aromatic carbocycles. The molecule has 0 bridgehead atoms. The molecule has 3 fully saturated rings. The van der Waals surface area contributed by atoms with Crippen molar-refractivity contribution in [2.45, 2.75) is 121 Å². The lowest BCUT2D eigenvalue weighted by Crippen LogP contribution is -2.60. The van der Waals surface area contributed by atoms with Crippen LogP contribution in [0.1, 0.15) is 89.5 Å². The van der Waals surface area contributed by atoms with Gasteiger partial charge in [0, 0.05) is 40.8 Å². The molecule has 5 atom stereocenters. The summed E-state index contributed by atoms with van der Waals surface area (Å²) in [4.78, 5) is 91.8. The molecule has 53 heavy (non-hydrogen) atoms. The third-order valence-electron chi connectivity index (χ3n) is 10.3. The second-order valence-electron chi connectivity index (χ2n) is 15.6. The Kier molecular flexibility index (Phi) is 11.3. The van der Waals surface area contributed by atoms with Gasteiger partial charge in [0.25, 0.3) is 5.91 Å². The van der Waals surface area contributed by atoms with Crippen LogP contribution in [-0.2, 0) is 40.1 Å². The number of hydrogen-bond acceptors (Lipinski definition) is 9. The molecule has 1 aromatic heterocycles. The number of halogens is 1. The molecule has 3 N–H and O–H groups in total. The van der Waals surface area contributed by atoms with Crippen LogP contribution in [0.4, 0.5) is 0 Å². The minimum absolute atomic E-state index is 0.0269. The Bertz CT molecular complexity index is 1790. The van der Waals surface area contributed by atoms with Crippen molar-refractivity contribution in [1.82, 2.24) is 25.8 Å². The van der Waals surface area contributed by atoms with E-state index in [2.05, 4.69) is 21.1 Å². The third kappa shape index (κ3) is 8.75. The molecular formula is C38H47ClN6O7S.